The number of nitrogens with zero attached hydrogens (tertiary/aromatic N) is 6. The van der Waals surface area contributed by atoms with E-state index in [-0.39, 0.29) is 6.03 Å². The van der Waals surface area contributed by atoms with Crippen LogP contribution in [0.25, 0.3) is 0 Å². The third kappa shape index (κ3) is 4.05. The van der Waals surface area contributed by atoms with Crippen molar-refractivity contribution in [3.63, 3.8) is 0 Å². The molecule has 0 bridgehead atoms. The number of halogens is 1. The fourth-order valence-corrected chi connectivity index (χ4v) is 3.65. The van der Waals surface area contributed by atoms with Crippen molar-refractivity contribution in [1.29, 1.82) is 0 Å². The van der Waals surface area contributed by atoms with Gasteiger partial charge in [0.05, 0.1) is 5.69 Å². The second kappa shape index (κ2) is 7.96. The highest BCUT2D eigenvalue weighted by atomic mass is 35.5. The summed E-state index contributed by atoms with van der Waals surface area (Å²) in [5.74, 6) is 1.65. The second-order valence-electron chi connectivity index (χ2n) is 6.67. The summed E-state index contributed by atoms with van der Waals surface area (Å²) in [6, 6.07) is 5.42. The first kappa shape index (κ1) is 17.8. The maximum absolute atomic E-state index is 12.7. The Hall–Kier alpha value is -2.61. The number of urea groups is 1. The Morgan fingerprint density at radius 3 is 2.52 bits per heavy atom. The summed E-state index contributed by atoms with van der Waals surface area (Å²) in [4.78, 5) is 31.5. The maximum Gasteiger partial charge on any atom is 0.322 e. The van der Waals surface area contributed by atoms with E-state index in [2.05, 4.69) is 30.1 Å². The third-order valence-electron chi connectivity index (χ3n) is 4.94. The zero-order valence-electron chi connectivity index (χ0n) is 15.0. The van der Waals surface area contributed by atoms with Gasteiger partial charge in [0.1, 0.15) is 17.3 Å². The van der Waals surface area contributed by atoms with Crippen LogP contribution >= 0.6 is 11.6 Å². The molecular weight excluding hydrogens is 366 g/mol. The predicted octanol–water partition coefficient (Wildman–Crippen LogP) is 2.48. The highest BCUT2D eigenvalue weighted by Gasteiger charge is 2.24. The minimum absolute atomic E-state index is 0.0937. The van der Waals surface area contributed by atoms with Crippen molar-refractivity contribution in [1.82, 2.24) is 19.9 Å². The van der Waals surface area contributed by atoms with Crippen LogP contribution < -0.4 is 15.1 Å². The van der Waals surface area contributed by atoms with E-state index in [1.54, 1.807) is 12.3 Å². The zero-order chi connectivity index (χ0) is 18.6. The van der Waals surface area contributed by atoms with Crippen molar-refractivity contribution in [3.8, 4) is 0 Å². The zero-order valence-corrected chi connectivity index (χ0v) is 15.8. The van der Waals surface area contributed by atoms with E-state index >= 15 is 0 Å². The molecule has 2 aliphatic heterocycles. The van der Waals surface area contributed by atoms with Crippen LogP contribution in [-0.2, 0) is 0 Å². The number of hydrogen-bond acceptors (Lipinski definition) is 6. The Bertz CT molecular complexity index is 804. The summed E-state index contributed by atoms with van der Waals surface area (Å²) >= 11 is 5.94. The lowest BCUT2D eigenvalue weighted by Crippen LogP contribution is -2.50. The Kier molecular flexibility index (Phi) is 5.24. The molecule has 9 heteroatoms. The quantitative estimate of drug-likeness (QED) is 0.815. The number of nitrogens with one attached hydrogen (secondary N) is 1. The van der Waals surface area contributed by atoms with Crippen LogP contribution in [0.1, 0.15) is 12.8 Å². The number of rotatable bonds is 3. The van der Waals surface area contributed by atoms with Gasteiger partial charge in [-0.05, 0) is 25.0 Å². The average Bonchev–Trinajstić information content (AvgIpc) is 3.23. The van der Waals surface area contributed by atoms with Gasteiger partial charge in [0.15, 0.2) is 5.82 Å². The average molecular weight is 388 g/mol. The first-order valence-electron chi connectivity index (χ1n) is 9.19. The Labute approximate surface area is 163 Å². The molecule has 0 radical (unpaired) electrons. The van der Waals surface area contributed by atoms with Crippen LogP contribution in [0.2, 0.25) is 5.15 Å². The number of anilines is 3. The third-order valence-corrected chi connectivity index (χ3v) is 5.15. The predicted molar refractivity (Wildman–Crippen MR) is 106 cm³/mol. The molecule has 2 fully saturated rings. The molecule has 0 aromatic carbocycles. The lowest BCUT2D eigenvalue weighted by molar-refractivity contribution is 0.208. The molecule has 2 amide bonds. The summed E-state index contributed by atoms with van der Waals surface area (Å²) in [6.07, 6.45) is 5.56. The first-order valence-corrected chi connectivity index (χ1v) is 9.57. The van der Waals surface area contributed by atoms with E-state index < -0.39 is 0 Å². The fraction of sp³-hybridized carbons (Fsp3) is 0.444. The normalized spacial score (nSPS) is 17.3. The summed E-state index contributed by atoms with van der Waals surface area (Å²) in [6.45, 7) is 4.61. The van der Waals surface area contributed by atoms with Crippen LogP contribution in [0.3, 0.4) is 0 Å². The van der Waals surface area contributed by atoms with Gasteiger partial charge in [0.25, 0.3) is 0 Å². The van der Waals surface area contributed by atoms with Crippen LogP contribution in [0.15, 0.2) is 30.7 Å². The molecule has 1 N–H and O–H groups in total. The lowest BCUT2D eigenvalue weighted by atomic mass is 10.3. The Morgan fingerprint density at radius 2 is 1.78 bits per heavy atom. The van der Waals surface area contributed by atoms with Gasteiger partial charge < -0.3 is 20.0 Å². The van der Waals surface area contributed by atoms with Crippen molar-refractivity contribution in [2.45, 2.75) is 12.8 Å². The summed E-state index contributed by atoms with van der Waals surface area (Å²) in [7, 11) is 0. The first-order chi connectivity index (χ1) is 13.2. The van der Waals surface area contributed by atoms with E-state index in [1.807, 2.05) is 17.0 Å². The van der Waals surface area contributed by atoms with Gasteiger partial charge in [0, 0.05) is 51.5 Å². The SMILES string of the molecule is O=C(Nc1cccnc1N1CCCC1)N1CCN(c2cc(Cl)ncn2)CC1. The summed E-state index contributed by atoms with van der Waals surface area (Å²) < 4.78 is 0. The van der Waals surface area contributed by atoms with E-state index in [9.17, 15) is 4.79 Å². The smallest absolute Gasteiger partial charge is 0.322 e. The molecule has 27 heavy (non-hydrogen) atoms. The maximum atomic E-state index is 12.7. The van der Waals surface area contributed by atoms with Gasteiger partial charge in [-0.2, -0.15) is 0 Å². The van der Waals surface area contributed by atoms with E-state index in [0.717, 1.165) is 30.4 Å². The van der Waals surface area contributed by atoms with Gasteiger partial charge in [-0.3, -0.25) is 0 Å². The molecule has 0 saturated carbocycles. The molecule has 142 valence electrons. The van der Waals surface area contributed by atoms with Crippen molar-refractivity contribution < 1.29 is 4.79 Å². The van der Waals surface area contributed by atoms with Gasteiger partial charge in [0.2, 0.25) is 0 Å². The van der Waals surface area contributed by atoms with Crippen molar-refractivity contribution in [2.24, 2.45) is 0 Å². The minimum atomic E-state index is -0.0937. The molecule has 2 aromatic rings. The lowest BCUT2D eigenvalue weighted by Gasteiger charge is -2.35. The summed E-state index contributed by atoms with van der Waals surface area (Å²) in [5.41, 5.74) is 0.773. The molecule has 2 aromatic heterocycles. The Morgan fingerprint density at radius 1 is 1.00 bits per heavy atom. The molecule has 4 rings (SSSR count). The molecule has 8 nitrogen and oxygen atoms in total. The molecule has 0 atom stereocenters. The monoisotopic (exact) mass is 387 g/mol. The van der Waals surface area contributed by atoms with Crippen molar-refractivity contribution in [3.05, 3.63) is 35.9 Å². The van der Waals surface area contributed by atoms with E-state index in [1.165, 1.54) is 19.2 Å². The molecule has 2 saturated heterocycles. The van der Waals surface area contributed by atoms with Crippen LogP contribution in [-0.4, -0.2) is 65.2 Å². The van der Waals surface area contributed by atoms with E-state index in [4.69, 9.17) is 11.6 Å². The van der Waals surface area contributed by atoms with Crippen molar-refractivity contribution >= 4 is 35.0 Å². The number of carbonyl (C=O) groups is 1. The topological polar surface area (TPSA) is 77.5 Å². The number of pyridine rings is 1. The number of aromatic nitrogens is 3. The largest absolute Gasteiger partial charge is 0.355 e. The highest BCUT2D eigenvalue weighted by molar-refractivity contribution is 6.29. The molecule has 4 heterocycles. The number of piperazine rings is 1. The van der Waals surface area contributed by atoms with Gasteiger partial charge in [-0.1, -0.05) is 11.6 Å². The number of hydrogen-bond donors (Lipinski definition) is 1. The molecule has 0 spiro atoms. The Balaban J connectivity index is 1.38. The molecule has 0 aliphatic carbocycles. The number of amides is 2. The standard InChI is InChI=1S/C18H22ClN7O/c19-15-12-16(22-13-21-15)24-8-10-26(11-9-24)18(27)23-14-4-3-5-20-17(14)25-6-1-2-7-25/h3-5,12-13H,1-2,6-11H2,(H,23,27). The van der Waals surface area contributed by atoms with Crippen LogP contribution in [0.4, 0.5) is 22.1 Å². The van der Waals surface area contributed by atoms with Crippen LogP contribution in [0.5, 0.6) is 0 Å². The van der Waals surface area contributed by atoms with Crippen molar-refractivity contribution in [2.75, 3.05) is 54.4 Å². The second-order valence-corrected chi connectivity index (χ2v) is 7.06. The highest BCUT2D eigenvalue weighted by Crippen LogP contribution is 2.26. The fourth-order valence-electron chi connectivity index (χ4n) is 3.51. The molecule has 0 unspecified atom stereocenters. The van der Waals surface area contributed by atoms with E-state index in [0.29, 0.717) is 31.3 Å². The van der Waals surface area contributed by atoms with Gasteiger partial charge in [-0.15, -0.1) is 0 Å². The van der Waals surface area contributed by atoms with Gasteiger partial charge >= 0.3 is 6.03 Å². The minimum Gasteiger partial charge on any atom is -0.355 e. The molecular formula is C18H22ClN7O. The van der Waals surface area contributed by atoms with Crippen LogP contribution in [0, 0.1) is 0 Å². The number of carbonyl (C=O) groups excluding carboxylic acids is 1. The summed E-state index contributed by atoms with van der Waals surface area (Å²) in [5, 5.41) is 3.46. The molecule has 2 aliphatic rings. The van der Waals surface area contributed by atoms with Gasteiger partial charge in [-0.25, -0.2) is 19.7 Å².